The van der Waals surface area contributed by atoms with Crippen LogP contribution in [0.5, 0.6) is 0 Å². The molecule has 23 heavy (non-hydrogen) atoms. The molecule has 2 aromatic rings. The van der Waals surface area contributed by atoms with E-state index in [-0.39, 0.29) is 15.9 Å². The van der Waals surface area contributed by atoms with Gasteiger partial charge in [-0.1, -0.05) is 23.8 Å². The molecule has 0 N–H and O–H groups in total. The molecule has 1 aliphatic heterocycles. The van der Waals surface area contributed by atoms with Crippen molar-refractivity contribution >= 4 is 21.7 Å². The molecular formula is C17H17N2O3S+. The zero-order valence-corrected chi connectivity index (χ0v) is 13.8. The average Bonchev–Trinajstić information content (AvgIpc) is 2.86. The van der Waals surface area contributed by atoms with Crippen LogP contribution < -0.4 is 4.48 Å². The third kappa shape index (κ3) is 2.48. The van der Waals surface area contributed by atoms with Crippen molar-refractivity contribution in [3.63, 3.8) is 0 Å². The summed E-state index contributed by atoms with van der Waals surface area (Å²) in [5, 5.41) is 0. The molecule has 3 rings (SSSR count). The summed E-state index contributed by atoms with van der Waals surface area (Å²) in [4.78, 5) is 12.9. The van der Waals surface area contributed by atoms with Gasteiger partial charge in [0.05, 0.1) is 18.5 Å². The number of carbonyl (C=O) groups is 1. The zero-order chi connectivity index (χ0) is 16.7. The fourth-order valence-corrected chi connectivity index (χ4v) is 4.09. The van der Waals surface area contributed by atoms with Gasteiger partial charge in [0.2, 0.25) is 0 Å². The van der Waals surface area contributed by atoms with E-state index in [1.807, 2.05) is 6.92 Å². The van der Waals surface area contributed by atoms with Gasteiger partial charge in [-0.3, -0.25) is 0 Å². The predicted molar refractivity (Wildman–Crippen MR) is 87.2 cm³/mol. The molecule has 1 heterocycles. The fourth-order valence-electron chi connectivity index (χ4n) is 2.64. The summed E-state index contributed by atoms with van der Waals surface area (Å²) in [5.41, 5.74) is 1.57. The Morgan fingerprint density at radius 2 is 1.87 bits per heavy atom. The molecule has 0 aliphatic carbocycles. The first-order valence-electron chi connectivity index (χ1n) is 7.24. The molecule has 1 unspecified atom stereocenters. The van der Waals surface area contributed by atoms with Crippen LogP contribution in [0, 0.1) is 19.1 Å². The molecule has 0 radical (unpaired) electrons. The van der Waals surface area contributed by atoms with Crippen LogP contribution in [0.3, 0.4) is 0 Å². The van der Waals surface area contributed by atoms with Crippen molar-refractivity contribution in [1.82, 2.24) is 8.79 Å². The second kappa shape index (κ2) is 5.37. The lowest BCUT2D eigenvalue weighted by atomic mass is 10.2. The quantitative estimate of drug-likeness (QED) is 0.812. The number of aryl methyl sites for hydroxylation is 1. The first kappa shape index (κ1) is 15.5. The molecule has 0 aromatic heterocycles. The number of sulfonamides is 1. The van der Waals surface area contributed by atoms with Gasteiger partial charge in [-0.2, -0.15) is 4.31 Å². The molecule has 0 bridgehead atoms. The number of hydrogen-bond acceptors (Lipinski definition) is 3. The van der Waals surface area contributed by atoms with Gasteiger partial charge in [-0.05, 0) is 37.3 Å². The molecular weight excluding hydrogens is 312 g/mol. The molecule has 1 saturated heterocycles. The number of benzene rings is 1. The molecule has 1 aliphatic rings. The highest BCUT2D eigenvalue weighted by Crippen LogP contribution is 2.29. The van der Waals surface area contributed by atoms with Crippen molar-refractivity contribution < 1.29 is 13.2 Å². The normalized spacial score (nSPS) is 21.3. The molecule has 0 saturated carbocycles. The Bertz CT molecular complexity index is 832. The summed E-state index contributed by atoms with van der Waals surface area (Å²) in [6.45, 7) is 2.40. The Labute approximate surface area is 136 Å². The van der Waals surface area contributed by atoms with Crippen LogP contribution in [-0.4, -0.2) is 38.9 Å². The molecule has 1 fully saturated rings. The van der Waals surface area contributed by atoms with Gasteiger partial charge in [-0.15, -0.1) is 0 Å². The molecule has 5 nitrogen and oxygen atoms in total. The summed E-state index contributed by atoms with van der Waals surface area (Å²) >= 11 is 0. The van der Waals surface area contributed by atoms with E-state index in [1.165, 1.54) is 12.1 Å². The Hall–Kier alpha value is -2.36. The maximum Gasteiger partial charge on any atom is 0.438 e. The number of quaternary nitrogens is 1. The van der Waals surface area contributed by atoms with Crippen molar-refractivity contribution in [3.8, 4) is 0 Å². The summed E-state index contributed by atoms with van der Waals surface area (Å²) in [6.07, 6.45) is 0. The van der Waals surface area contributed by atoms with E-state index in [0.29, 0.717) is 12.2 Å². The molecule has 1 atom stereocenters. The van der Waals surface area contributed by atoms with Crippen molar-refractivity contribution in [2.24, 2.45) is 0 Å². The predicted octanol–water partition coefficient (Wildman–Crippen LogP) is 2.36. The van der Waals surface area contributed by atoms with Crippen molar-refractivity contribution in [1.29, 1.82) is 0 Å². The summed E-state index contributed by atoms with van der Waals surface area (Å²) in [5.74, 6) is 0. The average molecular weight is 329 g/mol. The summed E-state index contributed by atoms with van der Waals surface area (Å²) in [7, 11) is -2.14. The fraction of sp³-hybridized carbons (Fsp3) is 0.235. The standard InChI is InChI=1S/C17H17N2O3S/c1-14-8-10-16(11-9-14)23(21,22)18-12-13-19(2,17(18)20)15-6-4-3-5-7-15/h3-4,6,8-11H,12-13H2,1-2H3/q+1. The van der Waals surface area contributed by atoms with Crippen LogP contribution in [-0.2, 0) is 10.0 Å². The lowest BCUT2D eigenvalue weighted by Gasteiger charge is -2.23. The van der Waals surface area contributed by atoms with Crippen LogP contribution in [0.25, 0.3) is 0 Å². The number of urea groups is 1. The van der Waals surface area contributed by atoms with Gasteiger partial charge in [0.1, 0.15) is 6.54 Å². The van der Waals surface area contributed by atoms with E-state index in [4.69, 9.17) is 0 Å². The molecule has 2 amide bonds. The molecule has 118 valence electrons. The maximum atomic E-state index is 12.8. The van der Waals surface area contributed by atoms with E-state index >= 15 is 0 Å². The summed E-state index contributed by atoms with van der Waals surface area (Å²) in [6, 6.07) is 17.0. The third-order valence-electron chi connectivity index (χ3n) is 4.16. The van der Waals surface area contributed by atoms with Crippen molar-refractivity contribution in [2.45, 2.75) is 11.8 Å². The minimum Gasteiger partial charge on any atom is -0.206 e. The van der Waals surface area contributed by atoms with E-state index < -0.39 is 16.1 Å². The monoisotopic (exact) mass is 329 g/mol. The van der Waals surface area contributed by atoms with E-state index in [1.54, 1.807) is 37.4 Å². The van der Waals surface area contributed by atoms with Gasteiger partial charge in [0, 0.05) is 6.07 Å². The molecule has 6 heteroatoms. The minimum absolute atomic E-state index is 0.123. The Morgan fingerprint density at radius 3 is 2.48 bits per heavy atom. The Morgan fingerprint density at radius 1 is 1.17 bits per heavy atom. The maximum absolute atomic E-state index is 12.8. The topological polar surface area (TPSA) is 54.5 Å². The highest BCUT2D eigenvalue weighted by atomic mass is 32.2. The van der Waals surface area contributed by atoms with Crippen LogP contribution >= 0.6 is 0 Å². The SMILES string of the molecule is Cc1ccc(S(=O)(=O)N2CC[N+](C)(c3c#cccc3)C2=O)cc1. The number of likely N-dealkylation sites (N-methyl/N-ethyl adjacent to an activating group) is 1. The highest BCUT2D eigenvalue weighted by molar-refractivity contribution is 7.89. The second-order valence-electron chi connectivity index (χ2n) is 5.77. The zero-order valence-electron chi connectivity index (χ0n) is 13.0. The van der Waals surface area contributed by atoms with Crippen molar-refractivity contribution in [3.05, 3.63) is 60.2 Å². The Kier molecular flexibility index (Phi) is 3.63. The summed E-state index contributed by atoms with van der Waals surface area (Å²) < 4.78 is 26.3. The highest BCUT2D eigenvalue weighted by Gasteiger charge is 2.50. The third-order valence-corrected chi connectivity index (χ3v) is 5.95. The van der Waals surface area contributed by atoms with Gasteiger partial charge in [0.25, 0.3) is 10.0 Å². The molecule has 2 aromatic carbocycles. The number of rotatable bonds is 3. The number of amides is 2. The first-order valence-corrected chi connectivity index (χ1v) is 8.68. The van der Waals surface area contributed by atoms with Gasteiger partial charge in [0.15, 0.2) is 5.69 Å². The van der Waals surface area contributed by atoms with E-state index in [9.17, 15) is 13.2 Å². The minimum atomic E-state index is -3.84. The first-order chi connectivity index (χ1) is 10.9. The van der Waals surface area contributed by atoms with Gasteiger partial charge >= 0.3 is 6.03 Å². The van der Waals surface area contributed by atoms with Crippen LogP contribution in [0.1, 0.15) is 5.56 Å². The van der Waals surface area contributed by atoms with Crippen molar-refractivity contribution in [2.75, 3.05) is 20.1 Å². The van der Waals surface area contributed by atoms with E-state index in [2.05, 4.69) is 12.1 Å². The number of carbonyl (C=O) groups excluding carboxylic acids is 1. The van der Waals surface area contributed by atoms with Crippen LogP contribution in [0.15, 0.2) is 47.4 Å². The second-order valence-corrected chi connectivity index (χ2v) is 7.63. The number of hydrogen-bond donors (Lipinski definition) is 0. The van der Waals surface area contributed by atoms with Crippen LogP contribution in [0.2, 0.25) is 0 Å². The smallest absolute Gasteiger partial charge is 0.206 e. The largest absolute Gasteiger partial charge is 0.438 e. The van der Waals surface area contributed by atoms with E-state index in [0.717, 1.165) is 9.87 Å². The van der Waals surface area contributed by atoms with Crippen LogP contribution in [0.4, 0.5) is 10.5 Å². The van der Waals surface area contributed by atoms with Gasteiger partial charge < -0.3 is 0 Å². The number of nitrogens with zero attached hydrogens (tertiary/aromatic N) is 2. The van der Waals surface area contributed by atoms with Gasteiger partial charge in [-0.25, -0.2) is 17.7 Å². The molecule has 0 spiro atoms. The lowest BCUT2D eigenvalue weighted by Crippen LogP contribution is -2.49. The Balaban J connectivity index is 1.97. The lowest BCUT2D eigenvalue weighted by molar-refractivity contribution is 0.214.